The third-order valence-electron chi connectivity index (χ3n) is 2.49. The van der Waals surface area contributed by atoms with Crippen molar-refractivity contribution in [2.75, 3.05) is 11.9 Å². The van der Waals surface area contributed by atoms with Gasteiger partial charge in [0.15, 0.2) is 6.61 Å². The van der Waals surface area contributed by atoms with Gasteiger partial charge in [-0.1, -0.05) is 12.1 Å². The van der Waals surface area contributed by atoms with Crippen LogP contribution in [0.1, 0.15) is 5.56 Å². The molecule has 0 saturated heterocycles. The van der Waals surface area contributed by atoms with Gasteiger partial charge in [0.05, 0.1) is 0 Å². The first-order chi connectivity index (χ1) is 9.19. The zero-order valence-corrected chi connectivity index (χ0v) is 10.5. The van der Waals surface area contributed by atoms with Gasteiger partial charge in [-0.25, -0.2) is 4.68 Å². The SMILES string of the molecule is Cn1ncnc1NC(=O)COc1ccc(CN)cc1. The first-order valence-corrected chi connectivity index (χ1v) is 5.74. The molecule has 7 nitrogen and oxygen atoms in total. The first kappa shape index (κ1) is 13.0. The number of ether oxygens (including phenoxy) is 1. The molecular formula is C12H15N5O2. The van der Waals surface area contributed by atoms with Gasteiger partial charge in [-0.2, -0.15) is 10.1 Å². The number of aryl methyl sites for hydroxylation is 1. The van der Waals surface area contributed by atoms with Crippen LogP contribution in [0.5, 0.6) is 5.75 Å². The number of anilines is 1. The number of amides is 1. The van der Waals surface area contributed by atoms with Crippen LogP contribution in [0.15, 0.2) is 30.6 Å². The number of nitrogens with two attached hydrogens (primary N) is 1. The van der Waals surface area contributed by atoms with Crippen molar-refractivity contribution in [3.8, 4) is 5.75 Å². The Morgan fingerprint density at radius 1 is 1.42 bits per heavy atom. The van der Waals surface area contributed by atoms with Gasteiger partial charge in [0.25, 0.3) is 5.91 Å². The normalized spacial score (nSPS) is 10.2. The molecule has 0 aliphatic rings. The number of carbonyl (C=O) groups is 1. The Morgan fingerprint density at radius 3 is 2.74 bits per heavy atom. The van der Waals surface area contributed by atoms with E-state index in [4.69, 9.17) is 10.5 Å². The summed E-state index contributed by atoms with van der Waals surface area (Å²) in [6.45, 7) is 0.391. The Morgan fingerprint density at radius 2 is 2.16 bits per heavy atom. The third-order valence-corrected chi connectivity index (χ3v) is 2.49. The summed E-state index contributed by atoms with van der Waals surface area (Å²) in [7, 11) is 1.69. The Balaban J connectivity index is 1.84. The molecule has 100 valence electrons. The highest BCUT2D eigenvalue weighted by molar-refractivity contribution is 5.90. The zero-order chi connectivity index (χ0) is 13.7. The molecule has 0 atom stereocenters. The summed E-state index contributed by atoms with van der Waals surface area (Å²) in [6, 6.07) is 7.27. The molecule has 7 heteroatoms. The second kappa shape index (κ2) is 5.96. The molecule has 1 amide bonds. The average molecular weight is 261 g/mol. The second-order valence-electron chi connectivity index (χ2n) is 3.89. The van der Waals surface area contributed by atoms with Crippen LogP contribution in [0, 0.1) is 0 Å². The molecule has 1 aromatic carbocycles. The van der Waals surface area contributed by atoms with Crippen LogP contribution < -0.4 is 15.8 Å². The quantitative estimate of drug-likeness (QED) is 0.806. The van der Waals surface area contributed by atoms with Gasteiger partial charge in [0.2, 0.25) is 5.95 Å². The van der Waals surface area contributed by atoms with E-state index in [-0.39, 0.29) is 12.5 Å². The van der Waals surface area contributed by atoms with Crippen LogP contribution in [-0.2, 0) is 18.4 Å². The highest BCUT2D eigenvalue weighted by Crippen LogP contribution is 2.11. The van der Waals surface area contributed by atoms with E-state index in [9.17, 15) is 4.79 Å². The van der Waals surface area contributed by atoms with Crippen LogP contribution in [0.25, 0.3) is 0 Å². The number of hydrogen-bond acceptors (Lipinski definition) is 5. The van der Waals surface area contributed by atoms with Crippen molar-refractivity contribution in [2.45, 2.75) is 6.54 Å². The molecule has 0 bridgehead atoms. The smallest absolute Gasteiger partial charge is 0.264 e. The third kappa shape index (κ3) is 3.52. The van der Waals surface area contributed by atoms with Crippen molar-refractivity contribution in [1.82, 2.24) is 14.8 Å². The van der Waals surface area contributed by atoms with E-state index >= 15 is 0 Å². The summed E-state index contributed by atoms with van der Waals surface area (Å²) in [5.74, 6) is 0.705. The summed E-state index contributed by atoms with van der Waals surface area (Å²) >= 11 is 0. The molecule has 0 spiro atoms. The van der Waals surface area contributed by atoms with E-state index in [0.717, 1.165) is 5.56 Å². The molecule has 0 saturated carbocycles. The van der Waals surface area contributed by atoms with Crippen LogP contribution in [0.4, 0.5) is 5.95 Å². The summed E-state index contributed by atoms with van der Waals surface area (Å²) < 4.78 is 6.81. The van der Waals surface area contributed by atoms with E-state index in [1.165, 1.54) is 11.0 Å². The van der Waals surface area contributed by atoms with Crippen molar-refractivity contribution in [3.05, 3.63) is 36.2 Å². The van der Waals surface area contributed by atoms with Crippen molar-refractivity contribution >= 4 is 11.9 Å². The number of hydrogen-bond donors (Lipinski definition) is 2. The molecule has 0 radical (unpaired) electrons. The van der Waals surface area contributed by atoms with E-state index in [2.05, 4.69) is 15.4 Å². The topological polar surface area (TPSA) is 95.1 Å². The number of nitrogens with one attached hydrogen (secondary N) is 1. The van der Waals surface area contributed by atoms with E-state index in [1.54, 1.807) is 19.2 Å². The van der Waals surface area contributed by atoms with Gasteiger partial charge in [-0.3, -0.25) is 10.1 Å². The molecule has 0 aliphatic heterocycles. The summed E-state index contributed by atoms with van der Waals surface area (Å²) in [5, 5.41) is 6.43. The molecular weight excluding hydrogens is 246 g/mol. The van der Waals surface area contributed by atoms with Crippen molar-refractivity contribution in [1.29, 1.82) is 0 Å². The summed E-state index contributed by atoms with van der Waals surface area (Å²) in [6.07, 6.45) is 1.36. The Hall–Kier alpha value is -2.41. The molecule has 0 aliphatic carbocycles. The number of benzene rings is 1. The Labute approximate surface area is 110 Å². The van der Waals surface area contributed by atoms with Crippen molar-refractivity contribution < 1.29 is 9.53 Å². The number of aromatic nitrogens is 3. The van der Waals surface area contributed by atoms with Gasteiger partial charge in [-0.05, 0) is 17.7 Å². The molecule has 0 unspecified atom stereocenters. The lowest BCUT2D eigenvalue weighted by Gasteiger charge is -2.07. The molecule has 3 N–H and O–H groups in total. The molecule has 0 fully saturated rings. The van der Waals surface area contributed by atoms with E-state index < -0.39 is 0 Å². The molecule has 1 aromatic heterocycles. The minimum Gasteiger partial charge on any atom is -0.484 e. The Bertz CT molecular complexity index is 550. The first-order valence-electron chi connectivity index (χ1n) is 5.74. The number of carbonyl (C=O) groups excluding carboxylic acids is 1. The van der Waals surface area contributed by atoms with Crippen molar-refractivity contribution in [3.63, 3.8) is 0 Å². The van der Waals surface area contributed by atoms with Crippen LogP contribution in [-0.4, -0.2) is 27.3 Å². The highest BCUT2D eigenvalue weighted by atomic mass is 16.5. The number of nitrogens with zero attached hydrogens (tertiary/aromatic N) is 3. The molecule has 1 heterocycles. The maximum absolute atomic E-state index is 11.6. The lowest BCUT2D eigenvalue weighted by molar-refractivity contribution is -0.118. The largest absolute Gasteiger partial charge is 0.484 e. The van der Waals surface area contributed by atoms with Crippen LogP contribution in [0.2, 0.25) is 0 Å². The number of rotatable bonds is 5. The predicted octanol–water partition coefficient (Wildman–Crippen LogP) is 0.291. The summed E-state index contributed by atoms with van der Waals surface area (Å²) in [4.78, 5) is 15.5. The minimum atomic E-state index is -0.293. The minimum absolute atomic E-state index is 0.0885. The molecule has 19 heavy (non-hydrogen) atoms. The fourth-order valence-electron chi connectivity index (χ4n) is 1.44. The monoisotopic (exact) mass is 261 g/mol. The van der Waals surface area contributed by atoms with E-state index in [1.807, 2.05) is 12.1 Å². The lowest BCUT2D eigenvalue weighted by Crippen LogP contribution is -2.22. The predicted molar refractivity (Wildman–Crippen MR) is 69.5 cm³/mol. The highest BCUT2D eigenvalue weighted by Gasteiger charge is 2.07. The fourth-order valence-corrected chi connectivity index (χ4v) is 1.44. The van der Waals surface area contributed by atoms with Gasteiger partial charge >= 0.3 is 0 Å². The zero-order valence-electron chi connectivity index (χ0n) is 10.5. The van der Waals surface area contributed by atoms with Crippen LogP contribution in [0.3, 0.4) is 0 Å². The average Bonchev–Trinajstić information content (AvgIpc) is 2.82. The maximum Gasteiger partial charge on any atom is 0.264 e. The molecule has 2 rings (SSSR count). The standard InChI is InChI=1S/C12H15N5O2/c1-17-12(14-8-15-17)16-11(18)7-19-10-4-2-9(6-13)3-5-10/h2-5,8H,6-7,13H2,1H3,(H,14,15,16,18). The maximum atomic E-state index is 11.6. The lowest BCUT2D eigenvalue weighted by atomic mass is 10.2. The van der Waals surface area contributed by atoms with Gasteiger partial charge in [0.1, 0.15) is 12.1 Å². The van der Waals surface area contributed by atoms with E-state index in [0.29, 0.717) is 18.2 Å². The van der Waals surface area contributed by atoms with Gasteiger partial charge < -0.3 is 10.5 Å². The molecule has 2 aromatic rings. The van der Waals surface area contributed by atoms with Gasteiger partial charge in [-0.15, -0.1) is 0 Å². The van der Waals surface area contributed by atoms with Crippen molar-refractivity contribution in [2.24, 2.45) is 12.8 Å². The van der Waals surface area contributed by atoms with Crippen LogP contribution >= 0.6 is 0 Å². The fraction of sp³-hybridized carbons (Fsp3) is 0.250. The summed E-state index contributed by atoms with van der Waals surface area (Å²) in [5.41, 5.74) is 6.50. The van der Waals surface area contributed by atoms with Gasteiger partial charge in [0, 0.05) is 13.6 Å². The second-order valence-corrected chi connectivity index (χ2v) is 3.89. The Kier molecular flexibility index (Phi) is 4.09.